The summed E-state index contributed by atoms with van der Waals surface area (Å²) >= 11 is 0. The van der Waals surface area contributed by atoms with Crippen molar-refractivity contribution in [2.45, 2.75) is 19.3 Å². The van der Waals surface area contributed by atoms with E-state index in [-0.39, 0.29) is 24.0 Å². The molecule has 2 aromatic rings. The molecule has 0 amide bonds. The number of halogens is 1. The molecule has 0 bridgehead atoms. The highest BCUT2D eigenvalue weighted by Gasteiger charge is 2.16. The normalized spacial score (nSPS) is 16.6. The van der Waals surface area contributed by atoms with Gasteiger partial charge in [-0.05, 0) is 56.9 Å². The first-order valence-electron chi connectivity index (χ1n) is 8.94. The van der Waals surface area contributed by atoms with Crippen molar-refractivity contribution < 1.29 is 0 Å². The smallest absolute Gasteiger partial charge is 0.190 e. The lowest BCUT2D eigenvalue weighted by atomic mass is 9.97. The van der Waals surface area contributed by atoms with Crippen LogP contribution in [0.1, 0.15) is 18.4 Å². The van der Waals surface area contributed by atoms with E-state index in [0.29, 0.717) is 0 Å². The first kappa shape index (κ1) is 20.0. The third-order valence-electron chi connectivity index (χ3n) is 4.98. The quantitative estimate of drug-likeness (QED) is 0.369. The standard InChI is InChI=1S/C19H29N5.HI/c1-20-19(23-13-15-8-11-24(2)12-9-15)21-10-7-16-14-22-18-6-4-3-5-17(16)18;/h3-6,14-15,22H,7-13H2,1-2H3,(H2,20,21,23);1H. The van der Waals surface area contributed by atoms with Crippen LogP contribution in [0, 0.1) is 5.92 Å². The van der Waals surface area contributed by atoms with Gasteiger partial charge in [-0.15, -0.1) is 24.0 Å². The summed E-state index contributed by atoms with van der Waals surface area (Å²) in [5.41, 5.74) is 2.56. The third kappa shape index (κ3) is 5.60. The Bertz CT molecular complexity index is 673. The van der Waals surface area contributed by atoms with Crippen molar-refractivity contribution >= 4 is 40.8 Å². The monoisotopic (exact) mass is 455 g/mol. The number of rotatable bonds is 5. The summed E-state index contributed by atoms with van der Waals surface area (Å²) in [5.74, 6) is 1.67. The average Bonchev–Trinajstić information content (AvgIpc) is 3.02. The topological polar surface area (TPSA) is 55.5 Å². The van der Waals surface area contributed by atoms with Crippen molar-refractivity contribution in [1.82, 2.24) is 20.5 Å². The van der Waals surface area contributed by atoms with Crippen LogP contribution in [0.25, 0.3) is 10.9 Å². The number of aromatic nitrogens is 1. The summed E-state index contributed by atoms with van der Waals surface area (Å²) in [5, 5.41) is 8.23. The molecule has 1 aromatic heterocycles. The van der Waals surface area contributed by atoms with E-state index in [1.807, 2.05) is 7.05 Å². The van der Waals surface area contributed by atoms with Crippen LogP contribution in [-0.2, 0) is 6.42 Å². The van der Waals surface area contributed by atoms with Crippen LogP contribution < -0.4 is 10.6 Å². The molecule has 0 atom stereocenters. The molecule has 138 valence electrons. The van der Waals surface area contributed by atoms with Gasteiger partial charge in [-0.1, -0.05) is 18.2 Å². The number of nitrogens with one attached hydrogen (secondary N) is 3. The van der Waals surface area contributed by atoms with Gasteiger partial charge in [0.25, 0.3) is 0 Å². The van der Waals surface area contributed by atoms with Crippen LogP contribution in [0.3, 0.4) is 0 Å². The number of piperidine rings is 1. The van der Waals surface area contributed by atoms with Gasteiger partial charge in [-0.2, -0.15) is 0 Å². The van der Waals surface area contributed by atoms with Gasteiger partial charge in [0.1, 0.15) is 0 Å². The van der Waals surface area contributed by atoms with E-state index in [9.17, 15) is 0 Å². The SMILES string of the molecule is CN=C(NCCc1c[nH]c2ccccc12)NCC1CCN(C)CC1.I. The van der Waals surface area contributed by atoms with Gasteiger partial charge in [-0.25, -0.2) is 0 Å². The summed E-state index contributed by atoms with van der Waals surface area (Å²) in [4.78, 5) is 10.1. The molecule has 5 nitrogen and oxygen atoms in total. The first-order chi connectivity index (χ1) is 11.8. The number of aromatic amines is 1. The van der Waals surface area contributed by atoms with Crippen molar-refractivity contribution in [3.63, 3.8) is 0 Å². The fraction of sp³-hybridized carbons (Fsp3) is 0.526. The second kappa shape index (κ2) is 10.0. The molecular weight excluding hydrogens is 425 g/mol. The van der Waals surface area contributed by atoms with Gasteiger partial charge in [0.15, 0.2) is 5.96 Å². The molecule has 0 unspecified atom stereocenters. The molecule has 0 spiro atoms. The molecule has 1 aliphatic heterocycles. The summed E-state index contributed by atoms with van der Waals surface area (Å²) in [6.07, 6.45) is 5.64. The van der Waals surface area contributed by atoms with Crippen LogP contribution in [0.15, 0.2) is 35.5 Å². The van der Waals surface area contributed by atoms with Crippen molar-refractivity contribution in [2.75, 3.05) is 40.3 Å². The Balaban J connectivity index is 0.00000225. The van der Waals surface area contributed by atoms with Gasteiger partial charge < -0.3 is 20.5 Å². The summed E-state index contributed by atoms with van der Waals surface area (Å²) in [7, 11) is 4.05. The van der Waals surface area contributed by atoms with Crippen molar-refractivity contribution in [3.8, 4) is 0 Å². The zero-order chi connectivity index (χ0) is 16.8. The third-order valence-corrected chi connectivity index (χ3v) is 4.98. The van der Waals surface area contributed by atoms with Gasteiger partial charge >= 0.3 is 0 Å². The highest BCUT2D eigenvalue weighted by atomic mass is 127. The molecule has 3 rings (SSSR count). The number of hydrogen-bond acceptors (Lipinski definition) is 2. The first-order valence-corrected chi connectivity index (χ1v) is 8.94. The summed E-state index contributed by atoms with van der Waals surface area (Å²) < 4.78 is 0. The Morgan fingerprint density at radius 2 is 2.00 bits per heavy atom. The maximum Gasteiger partial charge on any atom is 0.190 e. The zero-order valence-electron chi connectivity index (χ0n) is 15.2. The average molecular weight is 455 g/mol. The van der Waals surface area contributed by atoms with E-state index in [1.165, 1.54) is 42.4 Å². The van der Waals surface area contributed by atoms with E-state index in [2.05, 4.69) is 63.0 Å². The number of nitrogens with zero attached hydrogens (tertiary/aromatic N) is 2. The molecule has 2 heterocycles. The number of aliphatic imine (C=N–C) groups is 1. The van der Waals surface area contributed by atoms with Crippen molar-refractivity contribution in [3.05, 3.63) is 36.0 Å². The molecule has 0 aliphatic carbocycles. The maximum absolute atomic E-state index is 4.34. The molecule has 1 saturated heterocycles. The minimum absolute atomic E-state index is 0. The van der Waals surface area contributed by atoms with Crippen LogP contribution in [0.5, 0.6) is 0 Å². The second-order valence-corrected chi connectivity index (χ2v) is 6.74. The molecule has 1 aromatic carbocycles. The number of fused-ring (bicyclic) bond motifs is 1. The second-order valence-electron chi connectivity index (χ2n) is 6.74. The van der Waals surface area contributed by atoms with E-state index < -0.39 is 0 Å². The Morgan fingerprint density at radius 1 is 1.24 bits per heavy atom. The van der Waals surface area contributed by atoms with Gasteiger partial charge in [-0.3, -0.25) is 4.99 Å². The summed E-state index contributed by atoms with van der Waals surface area (Å²) in [6.45, 7) is 4.31. The molecule has 3 N–H and O–H groups in total. The summed E-state index contributed by atoms with van der Waals surface area (Å²) in [6, 6.07) is 8.45. The van der Waals surface area contributed by atoms with E-state index in [4.69, 9.17) is 0 Å². The van der Waals surface area contributed by atoms with Crippen LogP contribution in [-0.4, -0.2) is 56.1 Å². The number of likely N-dealkylation sites (tertiary alicyclic amines) is 1. The Labute approximate surface area is 167 Å². The highest BCUT2D eigenvalue weighted by Crippen LogP contribution is 2.17. The Morgan fingerprint density at radius 3 is 2.76 bits per heavy atom. The maximum atomic E-state index is 4.34. The molecule has 25 heavy (non-hydrogen) atoms. The molecular formula is C19H30IN5. The predicted molar refractivity (Wildman–Crippen MR) is 117 cm³/mol. The lowest BCUT2D eigenvalue weighted by Crippen LogP contribution is -2.42. The van der Waals surface area contributed by atoms with E-state index in [0.717, 1.165) is 31.4 Å². The minimum atomic E-state index is 0. The van der Waals surface area contributed by atoms with Gasteiger partial charge in [0.2, 0.25) is 0 Å². The minimum Gasteiger partial charge on any atom is -0.361 e. The number of H-pyrrole nitrogens is 1. The van der Waals surface area contributed by atoms with Crippen molar-refractivity contribution in [1.29, 1.82) is 0 Å². The van der Waals surface area contributed by atoms with Gasteiger partial charge in [0.05, 0.1) is 0 Å². The Kier molecular flexibility index (Phi) is 8.02. The molecule has 0 radical (unpaired) electrons. The fourth-order valence-electron chi connectivity index (χ4n) is 3.38. The van der Waals surface area contributed by atoms with E-state index >= 15 is 0 Å². The molecule has 6 heteroatoms. The molecule has 1 aliphatic rings. The predicted octanol–water partition coefficient (Wildman–Crippen LogP) is 2.84. The molecule has 0 saturated carbocycles. The lowest BCUT2D eigenvalue weighted by Gasteiger charge is -2.29. The zero-order valence-corrected chi connectivity index (χ0v) is 17.5. The number of guanidine groups is 1. The van der Waals surface area contributed by atoms with Crippen LogP contribution in [0.2, 0.25) is 0 Å². The fourth-order valence-corrected chi connectivity index (χ4v) is 3.38. The lowest BCUT2D eigenvalue weighted by molar-refractivity contribution is 0.220. The Hall–Kier alpha value is -1.28. The van der Waals surface area contributed by atoms with Crippen LogP contribution in [0.4, 0.5) is 0 Å². The van der Waals surface area contributed by atoms with E-state index in [1.54, 1.807) is 0 Å². The number of para-hydroxylation sites is 1. The molecule has 1 fully saturated rings. The van der Waals surface area contributed by atoms with Crippen LogP contribution >= 0.6 is 24.0 Å². The number of hydrogen-bond donors (Lipinski definition) is 3. The van der Waals surface area contributed by atoms with Crippen molar-refractivity contribution in [2.24, 2.45) is 10.9 Å². The number of benzene rings is 1. The highest BCUT2D eigenvalue weighted by molar-refractivity contribution is 14.0. The largest absolute Gasteiger partial charge is 0.361 e. The van der Waals surface area contributed by atoms with Gasteiger partial charge in [0, 0.05) is 37.2 Å².